The van der Waals surface area contributed by atoms with Gasteiger partial charge in [0.25, 0.3) is 0 Å². The molecule has 3 saturated carbocycles. The summed E-state index contributed by atoms with van der Waals surface area (Å²) in [6.45, 7) is 8.48. The molecule has 6 nitrogen and oxygen atoms in total. The lowest BCUT2D eigenvalue weighted by molar-refractivity contribution is -0.264. The van der Waals surface area contributed by atoms with E-state index in [1.54, 1.807) is 0 Å². The van der Waals surface area contributed by atoms with Crippen molar-refractivity contribution in [3.63, 3.8) is 0 Å². The molecule has 5 rings (SSSR count). The SMILES string of the molecule is C=C1C2CC(O)C3C(C2)(C(=O)OC2CCC(C)(C)C4C(O)OCC243)C1O. The third-order valence-corrected chi connectivity index (χ3v) is 8.48. The Hall–Kier alpha value is -0.950. The Morgan fingerprint density at radius 1 is 1.19 bits per heavy atom. The molecule has 26 heavy (non-hydrogen) atoms. The number of fused-ring (bicyclic) bond motifs is 1. The number of hydrogen-bond donors (Lipinski definition) is 3. The van der Waals surface area contributed by atoms with Crippen molar-refractivity contribution in [2.24, 2.45) is 34.0 Å². The smallest absolute Gasteiger partial charge is 0.315 e. The Kier molecular flexibility index (Phi) is 3.24. The van der Waals surface area contributed by atoms with Gasteiger partial charge in [0.2, 0.25) is 0 Å². The van der Waals surface area contributed by atoms with Gasteiger partial charge in [-0.3, -0.25) is 4.79 Å². The molecule has 0 aromatic carbocycles. The largest absolute Gasteiger partial charge is 0.461 e. The highest BCUT2D eigenvalue weighted by atomic mass is 16.6. The topological polar surface area (TPSA) is 96.2 Å². The number of aliphatic hydroxyl groups is 3. The van der Waals surface area contributed by atoms with Crippen LogP contribution in [0.4, 0.5) is 0 Å². The lowest BCUT2D eigenvalue weighted by Crippen LogP contribution is -2.71. The molecule has 5 fully saturated rings. The summed E-state index contributed by atoms with van der Waals surface area (Å²) in [7, 11) is 0. The summed E-state index contributed by atoms with van der Waals surface area (Å²) in [5, 5.41) is 32.9. The Morgan fingerprint density at radius 2 is 1.92 bits per heavy atom. The van der Waals surface area contributed by atoms with Crippen LogP contribution in [0.15, 0.2) is 12.2 Å². The molecule has 0 amide bonds. The van der Waals surface area contributed by atoms with Gasteiger partial charge >= 0.3 is 5.97 Å². The van der Waals surface area contributed by atoms with Crippen molar-refractivity contribution in [2.75, 3.05) is 6.61 Å². The van der Waals surface area contributed by atoms with Gasteiger partial charge in [0.15, 0.2) is 6.29 Å². The fourth-order valence-corrected chi connectivity index (χ4v) is 7.57. The number of esters is 1. The average Bonchev–Trinajstić information content (AvgIpc) is 3.01. The van der Waals surface area contributed by atoms with E-state index in [0.29, 0.717) is 24.8 Å². The lowest BCUT2D eigenvalue weighted by Gasteiger charge is -2.63. The Bertz CT molecular complexity index is 688. The van der Waals surface area contributed by atoms with Crippen molar-refractivity contribution in [1.82, 2.24) is 0 Å². The van der Waals surface area contributed by atoms with E-state index in [0.717, 1.165) is 6.42 Å². The van der Waals surface area contributed by atoms with Gasteiger partial charge in [-0.25, -0.2) is 0 Å². The molecule has 0 aromatic heterocycles. The predicted molar refractivity (Wildman–Crippen MR) is 90.6 cm³/mol. The lowest BCUT2D eigenvalue weighted by atomic mass is 9.43. The summed E-state index contributed by atoms with van der Waals surface area (Å²) in [6, 6.07) is 0. The number of rotatable bonds is 0. The zero-order chi connectivity index (χ0) is 18.6. The maximum Gasteiger partial charge on any atom is 0.315 e. The van der Waals surface area contributed by atoms with E-state index < -0.39 is 47.3 Å². The molecule has 9 unspecified atom stereocenters. The van der Waals surface area contributed by atoms with Crippen LogP contribution in [0.3, 0.4) is 0 Å². The Morgan fingerprint density at radius 3 is 2.65 bits per heavy atom. The molecule has 0 radical (unpaired) electrons. The van der Waals surface area contributed by atoms with E-state index in [9.17, 15) is 20.1 Å². The van der Waals surface area contributed by atoms with Crippen molar-refractivity contribution in [2.45, 2.75) is 64.1 Å². The summed E-state index contributed by atoms with van der Waals surface area (Å²) >= 11 is 0. The molecule has 2 heterocycles. The minimum absolute atomic E-state index is 0.0703. The summed E-state index contributed by atoms with van der Waals surface area (Å²) in [4.78, 5) is 13.2. The Balaban J connectivity index is 1.73. The fourth-order valence-electron chi connectivity index (χ4n) is 7.57. The van der Waals surface area contributed by atoms with Gasteiger partial charge in [0, 0.05) is 17.3 Å². The van der Waals surface area contributed by atoms with Crippen molar-refractivity contribution in [3.8, 4) is 0 Å². The van der Waals surface area contributed by atoms with E-state index in [4.69, 9.17) is 9.47 Å². The van der Waals surface area contributed by atoms with Gasteiger partial charge in [-0.05, 0) is 42.6 Å². The second-order valence-corrected chi connectivity index (χ2v) is 9.91. The highest BCUT2D eigenvalue weighted by Crippen LogP contribution is 2.71. The van der Waals surface area contributed by atoms with Crippen LogP contribution in [-0.4, -0.2) is 52.5 Å². The van der Waals surface area contributed by atoms with Crippen molar-refractivity contribution >= 4 is 5.97 Å². The van der Waals surface area contributed by atoms with E-state index >= 15 is 0 Å². The number of carbonyl (C=O) groups is 1. The molecule has 6 heteroatoms. The van der Waals surface area contributed by atoms with Gasteiger partial charge < -0.3 is 24.8 Å². The molecule has 9 atom stereocenters. The van der Waals surface area contributed by atoms with Crippen molar-refractivity contribution in [3.05, 3.63) is 12.2 Å². The summed E-state index contributed by atoms with van der Waals surface area (Å²) in [5.41, 5.74) is -1.43. The van der Waals surface area contributed by atoms with Gasteiger partial charge in [-0.2, -0.15) is 0 Å². The van der Waals surface area contributed by atoms with Crippen LogP contribution >= 0.6 is 0 Å². The zero-order valence-electron chi connectivity index (χ0n) is 15.4. The van der Waals surface area contributed by atoms with E-state index in [2.05, 4.69) is 20.4 Å². The number of ether oxygens (including phenoxy) is 2. The molecule has 2 saturated heterocycles. The normalized spacial score (nSPS) is 57.2. The molecule has 3 aliphatic carbocycles. The predicted octanol–water partition coefficient (Wildman–Crippen LogP) is 0.987. The molecule has 2 spiro atoms. The fraction of sp³-hybridized carbons (Fsp3) is 0.850. The van der Waals surface area contributed by atoms with Crippen LogP contribution in [-0.2, 0) is 14.3 Å². The second-order valence-electron chi connectivity index (χ2n) is 9.91. The minimum atomic E-state index is -1.17. The number of aliphatic hydroxyl groups excluding tert-OH is 3. The first kappa shape index (κ1) is 17.2. The van der Waals surface area contributed by atoms with Crippen LogP contribution in [0.25, 0.3) is 0 Å². The van der Waals surface area contributed by atoms with Crippen LogP contribution in [0, 0.1) is 34.0 Å². The molecule has 3 N–H and O–H groups in total. The van der Waals surface area contributed by atoms with Crippen LogP contribution in [0.2, 0.25) is 0 Å². The summed E-state index contributed by atoms with van der Waals surface area (Å²) in [5.74, 6) is -1.23. The van der Waals surface area contributed by atoms with Crippen LogP contribution < -0.4 is 0 Å². The second kappa shape index (κ2) is 4.90. The van der Waals surface area contributed by atoms with E-state index in [1.807, 2.05) is 0 Å². The van der Waals surface area contributed by atoms with Gasteiger partial charge in [-0.1, -0.05) is 20.4 Å². The first-order valence-electron chi connectivity index (χ1n) is 9.72. The summed E-state index contributed by atoms with van der Waals surface area (Å²) in [6.07, 6.45) is -0.652. The first-order chi connectivity index (χ1) is 12.2. The van der Waals surface area contributed by atoms with Crippen LogP contribution in [0.1, 0.15) is 39.5 Å². The van der Waals surface area contributed by atoms with E-state index in [1.165, 1.54) is 0 Å². The Labute approximate surface area is 153 Å². The van der Waals surface area contributed by atoms with Gasteiger partial charge in [0.1, 0.15) is 11.5 Å². The summed E-state index contributed by atoms with van der Waals surface area (Å²) < 4.78 is 11.7. The molecule has 0 aromatic rings. The maximum atomic E-state index is 13.2. The average molecular weight is 364 g/mol. The molecular formula is C20H28O6. The zero-order valence-corrected chi connectivity index (χ0v) is 15.4. The highest BCUT2D eigenvalue weighted by molar-refractivity contribution is 5.82. The van der Waals surface area contributed by atoms with Crippen molar-refractivity contribution in [1.29, 1.82) is 0 Å². The van der Waals surface area contributed by atoms with E-state index in [-0.39, 0.29) is 23.9 Å². The molecule has 2 aliphatic heterocycles. The van der Waals surface area contributed by atoms with Gasteiger partial charge in [0.05, 0.1) is 18.8 Å². The standard InChI is InChI=1S/C20H28O6/c1-9-10-6-11(21)13-19(7-10,15(9)22)17(24)26-12-4-5-18(2,3)14-16(23)25-8-20(12,13)14/h10-16,21-23H,1,4-8H2,2-3H3. The third kappa shape index (κ3) is 1.66. The monoisotopic (exact) mass is 364 g/mol. The minimum Gasteiger partial charge on any atom is -0.461 e. The maximum absolute atomic E-state index is 13.2. The number of hydrogen-bond acceptors (Lipinski definition) is 6. The van der Waals surface area contributed by atoms with Gasteiger partial charge in [-0.15, -0.1) is 0 Å². The quantitative estimate of drug-likeness (QED) is 0.438. The molecule has 2 bridgehead atoms. The van der Waals surface area contributed by atoms with Crippen molar-refractivity contribution < 1.29 is 29.6 Å². The molecule has 144 valence electrons. The molecular weight excluding hydrogens is 336 g/mol. The number of carbonyl (C=O) groups excluding carboxylic acids is 1. The first-order valence-corrected chi connectivity index (χ1v) is 9.72. The third-order valence-electron chi connectivity index (χ3n) is 8.48. The van der Waals surface area contributed by atoms with Crippen LogP contribution in [0.5, 0.6) is 0 Å². The molecule has 5 aliphatic rings. The highest BCUT2D eigenvalue weighted by Gasteiger charge is 2.78.